The maximum absolute atomic E-state index is 12.7. The number of hydrogen-bond donors (Lipinski definition) is 1. The normalized spacial score (nSPS) is 18.0. The van der Waals surface area contributed by atoms with E-state index in [0.29, 0.717) is 30.3 Å². The average molecular weight is 819 g/mol. The lowest BCUT2D eigenvalue weighted by molar-refractivity contribution is -0.870. The second-order valence-electron chi connectivity index (χ2n) is 15.4. The van der Waals surface area contributed by atoms with Crippen LogP contribution in [0.1, 0.15) is 129 Å². The number of carbonyl (C=O) groups is 2. The fourth-order valence-electron chi connectivity index (χ4n) is 5.33. The largest absolute Gasteiger partial charge is 0.472 e. The molecule has 324 valence electrons. The first-order chi connectivity index (χ1) is 27.5. The lowest BCUT2D eigenvalue weighted by Crippen LogP contribution is -2.37. The van der Waals surface area contributed by atoms with Crippen molar-refractivity contribution in [3.8, 4) is 0 Å². The summed E-state index contributed by atoms with van der Waals surface area (Å²) in [5.74, 6) is -0.932. The van der Waals surface area contributed by atoms with E-state index in [0.717, 1.165) is 64.2 Å². The molecule has 3 unspecified atom stereocenters. The first kappa shape index (κ1) is 52.2. The van der Waals surface area contributed by atoms with Crippen LogP contribution in [-0.2, 0) is 37.4 Å². The zero-order valence-electron chi connectivity index (χ0n) is 36.0. The van der Waals surface area contributed by atoms with Crippen molar-refractivity contribution in [2.24, 2.45) is 0 Å². The van der Waals surface area contributed by atoms with E-state index in [9.17, 15) is 19.0 Å². The van der Waals surface area contributed by atoms with Gasteiger partial charge in [0.05, 0.1) is 40.0 Å². The third-order valence-electron chi connectivity index (χ3n) is 8.81. The smallest absolute Gasteiger partial charge is 0.462 e. The third kappa shape index (κ3) is 34.9. The zero-order valence-corrected chi connectivity index (χ0v) is 36.9. The van der Waals surface area contributed by atoms with Crippen molar-refractivity contribution in [2.45, 2.75) is 148 Å². The number of epoxide rings is 1. The van der Waals surface area contributed by atoms with Crippen LogP contribution in [0.4, 0.5) is 0 Å². The Morgan fingerprint density at radius 2 is 1.16 bits per heavy atom. The molecule has 57 heavy (non-hydrogen) atoms. The quantitative estimate of drug-likeness (QED) is 0.0164. The molecular weight excluding hydrogens is 741 g/mol. The summed E-state index contributed by atoms with van der Waals surface area (Å²) >= 11 is 0. The molecule has 0 spiro atoms. The van der Waals surface area contributed by atoms with Crippen LogP contribution >= 0.6 is 7.82 Å². The highest BCUT2D eigenvalue weighted by Gasteiger charge is 2.36. The summed E-state index contributed by atoms with van der Waals surface area (Å²) in [5, 5.41) is 0. The van der Waals surface area contributed by atoms with Crippen molar-refractivity contribution in [1.29, 1.82) is 0 Å². The van der Waals surface area contributed by atoms with Gasteiger partial charge in [-0.25, -0.2) is 4.57 Å². The van der Waals surface area contributed by atoms with Crippen molar-refractivity contribution in [2.75, 3.05) is 47.5 Å². The Hall–Kier alpha value is -2.85. The molecule has 1 fully saturated rings. The molecule has 1 aliphatic rings. The molecule has 4 atom stereocenters. The summed E-state index contributed by atoms with van der Waals surface area (Å²) in [7, 11) is 1.39. The van der Waals surface area contributed by atoms with Gasteiger partial charge in [-0.2, -0.15) is 0 Å². The van der Waals surface area contributed by atoms with Gasteiger partial charge in [0.1, 0.15) is 19.8 Å². The molecule has 0 saturated carbocycles. The highest BCUT2D eigenvalue weighted by Crippen LogP contribution is 2.43. The van der Waals surface area contributed by atoms with Gasteiger partial charge >= 0.3 is 19.8 Å². The second-order valence-corrected chi connectivity index (χ2v) is 16.8. The Kier molecular flexibility index (Phi) is 31.2. The van der Waals surface area contributed by atoms with E-state index in [1.165, 1.54) is 19.3 Å². The van der Waals surface area contributed by atoms with Gasteiger partial charge in [-0.15, -0.1) is 0 Å². The van der Waals surface area contributed by atoms with E-state index in [-0.39, 0.29) is 38.3 Å². The van der Waals surface area contributed by atoms with E-state index < -0.39 is 32.5 Å². The maximum Gasteiger partial charge on any atom is 0.472 e. The van der Waals surface area contributed by atoms with Crippen LogP contribution in [0.25, 0.3) is 0 Å². The third-order valence-corrected chi connectivity index (χ3v) is 9.80. The van der Waals surface area contributed by atoms with Crippen molar-refractivity contribution >= 4 is 19.8 Å². The van der Waals surface area contributed by atoms with Gasteiger partial charge in [0.15, 0.2) is 6.10 Å². The summed E-state index contributed by atoms with van der Waals surface area (Å²) in [4.78, 5) is 35.4. The number of unbranched alkanes of at least 4 members (excludes halogenated alkanes) is 6. The van der Waals surface area contributed by atoms with Crippen LogP contribution in [0, 0.1) is 0 Å². The minimum atomic E-state index is -4.41. The minimum Gasteiger partial charge on any atom is -0.462 e. The zero-order chi connectivity index (χ0) is 41.9. The van der Waals surface area contributed by atoms with Crippen molar-refractivity contribution in [1.82, 2.24) is 0 Å². The molecule has 1 rings (SSSR count). The molecule has 1 saturated heterocycles. The van der Waals surface area contributed by atoms with Crippen LogP contribution in [0.3, 0.4) is 0 Å². The number of rotatable bonds is 36. The highest BCUT2D eigenvalue weighted by molar-refractivity contribution is 7.47. The molecule has 0 amide bonds. The Balaban J connectivity index is 2.39. The number of carbonyl (C=O) groups excluding carboxylic acids is 2. The first-order valence-electron chi connectivity index (χ1n) is 21.4. The van der Waals surface area contributed by atoms with Crippen molar-refractivity contribution < 1.29 is 46.8 Å². The fourth-order valence-corrected chi connectivity index (χ4v) is 6.07. The van der Waals surface area contributed by atoms with Gasteiger partial charge in [0.2, 0.25) is 0 Å². The number of allylic oxidation sites excluding steroid dienone is 12. The fraction of sp³-hybridized carbons (Fsp3) is 0.652. The van der Waals surface area contributed by atoms with E-state index in [1.54, 1.807) is 0 Å². The molecule has 1 heterocycles. The molecule has 0 aliphatic carbocycles. The summed E-state index contributed by atoms with van der Waals surface area (Å²) in [5.41, 5.74) is 0. The number of quaternary nitrogens is 1. The SMILES string of the molecule is CC/C=C\C/C=C\C/C=C\C/C=C\CCCCC(=O)OC[C@H](COP(=O)(O)OCC[N+](C)(C)C)OC(=O)CCC/C=C\CC1OC1C/C=C\C/C=C\CCCCC. The first-order valence-corrected chi connectivity index (χ1v) is 22.9. The molecule has 11 heteroatoms. The molecule has 0 bridgehead atoms. The van der Waals surface area contributed by atoms with Crippen LogP contribution < -0.4 is 0 Å². The Bertz CT molecular complexity index is 1310. The van der Waals surface area contributed by atoms with Gasteiger partial charge < -0.3 is 23.6 Å². The minimum absolute atomic E-state index is 0.00680. The van der Waals surface area contributed by atoms with Gasteiger partial charge in [0, 0.05) is 12.8 Å². The topological polar surface area (TPSA) is 121 Å². The summed E-state index contributed by atoms with van der Waals surface area (Å²) in [6, 6.07) is 0. The lowest BCUT2D eigenvalue weighted by atomic mass is 10.1. The standard InChI is InChI=1S/C46H76NO9P/c1-6-8-10-12-14-16-17-18-19-20-21-23-25-27-32-36-45(48)52-40-42(41-54-57(50,51)53-39-38-47(3,4)5)55-46(49)37-33-29-28-31-35-44-43(56-44)34-30-26-24-22-15-13-11-9-7-2/h8,10,14-16,18-19,21-23,26,28,30-31,42-44H,6-7,9,11-13,17,20,24-25,27,29,32-41H2,1-5H3/p+1/b10-8-,16-14-,19-18-,22-15-,23-21-,30-26-,31-28-/t42-,43?,44?/m1/s1. The van der Waals surface area contributed by atoms with Crippen molar-refractivity contribution in [3.05, 3.63) is 85.1 Å². The summed E-state index contributed by atoms with van der Waals surface area (Å²) in [6.45, 7) is 4.12. The van der Waals surface area contributed by atoms with Gasteiger partial charge in [-0.05, 0) is 89.9 Å². The number of likely N-dealkylation sites (N-methyl/N-ethyl adjacent to an activating group) is 1. The molecule has 1 N–H and O–H groups in total. The maximum atomic E-state index is 12.7. The van der Waals surface area contributed by atoms with Gasteiger partial charge in [0.25, 0.3) is 0 Å². The Labute approximate surface area is 346 Å². The predicted molar refractivity (Wildman–Crippen MR) is 233 cm³/mol. The number of phosphoric ester groups is 1. The number of esters is 2. The van der Waals surface area contributed by atoms with E-state index in [4.69, 9.17) is 23.3 Å². The predicted octanol–water partition coefficient (Wildman–Crippen LogP) is 11.0. The average Bonchev–Trinajstić information content (AvgIpc) is 3.92. The lowest BCUT2D eigenvalue weighted by Gasteiger charge is -2.24. The van der Waals surface area contributed by atoms with E-state index in [1.807, 2.05) is 27.2 Å². The van der Waals surface area contributed by atoms with Crippen LogP contribution in [-0.4, -0.2) is 87.1 Å². The molecule has 1 aliphatic heterocycles. The van der Waals surface area contributed by atoms with Crippen LogP contribution in [0.15, 0.2) is 85.1 Å². The Morgan fingerprint density at radius 1 is 0.649 bits per heavy atom. The number of ether oxygens (including phenoxy) is 3. The number of nitrogens with zero attached hydrogens (tertiary/aromatic N) is 1. The van der Waals surface area contributed by atoms with Crippen LogP contribution in [0.2, 0.25) is 0 Å². The second kappa shape index (κ2) is 34.1. The summed E-state index contributed by atoms with van der Waals surface area (Å²) < 4.78 is 40.0. The molecule has 0 radical (unpaired) electrons. The summed E-state index contributed by atoms with van der Waals surface area (Å²) in [6.07, 6.45) is 45.2. The van der Waals surface area contributed by atoms with Gasteiger partial charge in [-0.1, -0.05) is 112 Å². The van der Waals surface area contributed by atoms with Gasteiger partial charge in [-0.3, -0.25) is 18.6 Å². The molecular formula is C46H77NO9P+. The molecule has 0 aromatic carbocycles. The highest BCUT2D eigenvalue weighted by atomic mass is 31.2. The molecule has 10 nitrogen and oxygen atoms in total. The van der Waals surface area contributed by atoms with E-state index >= 15 is 0 Å². The number of phosphoric acid groups is 1. The molecule has 0 aromatic rings. The monoisotopic (exact) mass is 819 g/mol. The molecule has 0 aromatic heterocycles. The Morgan fingerprint density at radius 3 is 1.75 bits per heavy atom. The van der Waals surface area contributed by atoms with Crippen LogP contribution in [0.5, 0.6) is 0 Å². The van der Waals surface area contributed by atoms with E-state index in [2.05, 4.69) is 92.8 Å². The number of hydrogen-bond acceptors (Lipinski definition) is 8. The van der Waals surface area contributed by atoms with Crippen molar-refractivity contribution in [3.63, 3.8) is 0 Å².